The van der Waals surface area contributed by atoms with Gasteiger partial charge >= 0.3 is 5.97 Å². The molecule has 2 aromatic rings. The van der Waals surface area contributed by atoms with Crippen LogP contribution in [0, 0.1) is 0 Å². The monoisotopic (exact) mass is 285 g/mol. The first-order chi connectivity index (χ1) is 10.2. The second-order valence-electron chi connectivity index (χ2n) is 4.64. The van der Waals surface area contributed by atoms with Gasteiger partial charge in [0.25, 0.3) is 0 Å². The molecular formula is C17H19NO3. The summed E-state index contributed by atoms with van der Waals surface area (Å²) in [4.78, 5) is 11.7. The second-order valence-corrected chi connectivity index (χ2v) is 4.64. The molecule has 0 aliphatic carbocycles. The zero-order chi connectivity index (χ0) is 15.1. The fourth-order valence-electron chi connectivity index (χ4n) is 2.12. The van der Waals surface area contributed by atoms with Crippen LogP contribution in [0.25, 0.3) is 0 Å². The molecule has 0 aliphatic heterocycles. The SMILES string of the molecule is COCc1cccc(NCc2ccccc2C(=O)OC)c1. The predicted octanol–water partition coefficient (Wildman–Crippen LogP) is 3.23. The highest BCUT2D eigenvalue weighted by molar-refractivity contribution is 5.91. The minimum atomic E-state index is -0.319. The molecule has 0 spiro atoms. The van der Waals surface area contributed by atoms with E-state index in [1.54, 1.807) is 13.2 Å². The lowest BCUT2D eigenvalue weighted by Gasteiger charge is -2.11. The number of nitrogens with one attached hydrogen (secondary N) is 1. The van der Waals surface area contributed by atoms with Crippen LogP contribution in [0.4, 0.5) is 5.69 Å². The van der Waals surface area contributed by atoms with Crippen molar-refractivity contribution in [1.29, 1.82) is 0 Å². The van der Waals surface area contributed by atoms with Crippen LogP contribution in [0.1, 0.15) is 21.5 Å². The highest BCUT2D eigenvalue weighted by atomic mass is 16.5. The minimum Gasteiger partial charge on any atom is -0.465 e. The third-order valence-corrected chi connectivity index (χ3v) is 3.14. The van der Waals surface area contributed by atoms with Gasteiger partial charge < -0.3 is 14.8 Å². The maximum absolute atomic E-state index is 11.7. The van der Waals surface area contributed by atoms with Crippen molar-refractivity contribution in [3.8, 4) is 0 Å². The standard InChI is InChI=1S/C17H19NO3/c1-20-12-13-6-5-8-15(10-13)18-11-14-7-3-4-9-16(14)17(19)21-2/h3-10,18H,11-12H2,1-2H3. The van der Waals surface area contributed by atoms with Crippen molar-refractivity contribution in [3.63, 3.8) is 0 Å². The van der Waals surface area contributed by atoms with E-state index >= 15 is 0 Å². The predicted molar refractivity (Wildman–Crippen MR) is 82.3 cm³/mol. The van der Waals surface area contributed by atoms with E-state index < -0.39 is 0 Å². The summed E-state index contributed by atoms with van der Waals surface area (Å²) >= 11 is 0. The number of methoxy groups -OCH3 is 2. The van der Waals surface area contributed by atoms with Crippen LogP contribution < -0.4 is 5.32 Å². The number of carbonyl (C=O) groups is 1. The summed E-state index contributed by atoms with van der Waals surface area (Å²) in [5.74, 6) is -0.319. The molecule has 0 saturated heterocycles. The average molecular weight is 285 g/mol. The van der Waals surface area contributed by atoms with Crippen LogP contribution in [0.5, 0.6) is 0 Å². The zero-order valence-corrected chi connectivity index (χ0v) is 12.3. The molecule has 0 bridgehead atoms. The molecule has 0 aliphatic rings. The number of anilines is 1. The van der Waals surface area contributed by atoms with E-state index in [0.29, 0.717) is 18.7 Å². The third-order valence-electron chi connectivity index (χ3n) is 3.14. The molecule has 0 aromatic heterocycles. The first-order valence-electron chi connectivity index (χ1n) is 6.72. The Balaban J connectivity index is 2.09. The van der Waals surface area contributed by atoms with Gasteiger partial charge in [-0.05, 0) is 29.3 Å². The Bertz CT molecular complexity index is 610. The summed E-state index contributed by atoms with van der Waals surface area (Å²) in [5.41, 5.74) is 3.58. The number of esters is 1. The molecule has 0 saturated carbocycles. The number of hydrogen-bond acceptors (Lipinski definition) is 4. The number of hydrogen-bond donors (Lipinski definition) is 1. The van der Waals surface area contributed by atoms with Crippen molar-refractivity contribution in [1.82, 2.24) is 0 Å². The van der Waals surface area contributed by atoms with Crippen molar-refractivity contribution in [2.24, 2.45) is 0 Å². The van der Waals surface area contributed by atoms with Crippen molar-refractivity contribution < 1.29 is 14.3 Å². The fourth-order valence-corrected chi connectivity index (χ4v) is 2.12. The van der Waals surface area contributed by atoms with Crippen LogP contribution in [-0.4, -0.2) is 20.2 Å². The topological polar surface area (TPSA) is 47.6 Å². The van der Waals surface area contributed by atoms with Gasteiger partial charge in [0, 0.05) is 19.3 Å². The van der Waals surface area contributed by atoms with E-state index in [-0.39, 0.29) is 5.97 Å². The van der Waals surface area contributed by atoms with Crippen LogP contribution in [0.3, 0.4) is 0 Å². The fraction of sp³-hybridized carbons (Fsp3) is 0.235. The molecular weight excluding hydrogens is 266 g/mol. The van der Waals surface area contributed by atoms with Gasteiger partial charge in [-0.25, -0.2) is 4.79 Å². The smallest absolute Gasteiger partial charge is 0.338 e. The molecule has 0 atom stereocenters. The van der Waals surface area contributed by atoms with Crippen molar-refractivity contribution in [2.45, 2.75) is 13.2 Å². The Morgan fingerprint density at radius 3 is 2.67 bits per heavy atom. The van der Waals surface area contributed by atoms with Crippen LogP contribution in [-0.2, 0) is 22.6 Å². The Kier molecular flexibility index (Phi) is 5.35. The van der Waals surface area contributed by atoms with E-state index in [0.717, 1.165) is 16.8 Å². The van der Waals surface area contributed by atoms with E-state index in [2.05, 4.69) is 5.32 Å². The molecule has 2 aromatic carbocycles. The molecule has 0 radical (unpaired) electrons. The number of ether oxygens (including phenoxy) is 2. The molecule has 4 heteroatoms. The lowest BCUT2D eigenvalue weighted by molar-refractivity contribution is 0.0599. The van der Waals surface area contributed by atoms with E-state index in [9.17, 15) is 4.79 Å². The molecule has 2 rings (SSSR count). The van der Waals surface area contributed by atoms with Crippen molar-refractivity contribution in [2.75, 3.05) is 19.5 Å². The van der Waals surface area contributed by atoms with E-state index in [1.807, 2.05) is 42.5 Å². The Morgan fingerprint density at radius 2 is 1.90 bits per heavy atom. The number of carbonyl (C=O) groups excluding carboxylic acids is 1. The quantitative estimate of drug-likeness (QED) is 0.828. The molecule has 21 heavy (non-hydrogen) atoms. The van der Waals surface area contributed by atoms with Gasteiger partial charge in [-0.15, -0.1) is 0 Å². The summed E-state index contributed by atoms with van der Waals surface area (Å²) in [6.45, 7) is 1.13. The summed E-state index contributed by atoms with van der Waals surface area (Å²) in [5, 5.41) is 3.32. The molecule has 0 unspecified atom stereocenters. The zero-order valence-electron chi connectivity index (χ0n) is 12.3. The number of benzene rings is 2. The lowest BCUT2D eigenvalue weighted by atomic mass is 10.1. The van der Waals surface area contributed by atoms with Gasteiger partial charge in [-0.3, -0.25) is 0 Å². The van der Waals surface area contributed by atoms with Crippen molar-refractivity contribution >= 4 is 11.7 Å². The minimum absolute atomic E-state index is 0.319. The third kappa shape index (κ3) is 4.07. The van der Waals surface area contributed by atoms with Gasteiger partial charge in [0.1, 0.15) is 0 Å². The highest BCUT2D eigenvalue weighted by Gasteiger charge is 2.10. The highest BCUT2D eigenvalue weighted by Crippen LogP contribution is 2.15. The maximum Gasteiger partial charge on any atom is 0.338 e. The van der Waals surface area contributed by atoms with Crippen LogP contribution in [0.15, 0.2) is 48.5 Å². The van der Waals surface area contributed by atoms with E-state index in [1.165, 1.54) is 7.11 Å². The molecule has 110 valence electrons. The Hall–Kier alpha value is -2.33. The normalized spacial score (nSPS) is 10.2. The maximum atomic E-state index is 11.7. The molecule has 0 heterocycles. The van der Waals surface area contributed by atoms with Crippen molar-refractivity contribution in [3.05, 3.63) is 65.2 Å². The van der Waals surface area contributed by atoms with Crippen LogP contribution in [0.2, 0.25) is 0 Å². The summed E-state index contributed by atoms with van der Waals surface area (Å²) < 4.78 is 9.92. The molecule has 4 nitrogen and oxygen atoms in total. The van der Waals surface area contributed by atoms with Gasteiger partial charge in [-0.2, -0.15) is 0 Å². The molecule has 0 fully saturated rings. The van der Waals surface area contributed by atoms with Gasteiger partial charge in [0.15, 0.2) is 0 Å². The summed E-state index contributed by atoms with van der Waals surface area (Å²) in [6, 6.07) is 15.4. The average Bonchev–Trinajstić information content (AvgIpc) is 2.53. The molecule has 1 N–H and O–H groups in total. The number of rotatable bonds is 6. The first kappa shape index (κ1) is 15.1. The summed E-state index contributed by atoms with van der Waals surface area (Å²) in [7, 11) is 3.06. The lowest BCUT2D eigenvalue weighted by Crippen LogP contribution is -2.09. The largest absolute Gasteiger partial charge is 0.465 e. The van der Waals surface area contributed by atoms with Gasteiger partial charge in [0.05, 0.1) is 19.3 Å². The second kappa shape index (κ2) is 7.45. The van der Waals surface area contributed by atoms with E-state index in [4.69, 9.17) is 9.47 Å². The molecule has 0 amide bonds. The Morgan fingerprint density at radius 1 is 1.10 bits per heavy atom. The first-order valence-corrected chi connectivity index (χ1v) is 6.72. The Labute approximate surface area is 124 Å². The van der Waals surface area contributed by atoms with Gasteiger partial charge in [-0.1, -0.05) is 30.3 Å². The summed E-state index contributed by atoms with van der Waals surface area (Å²) in [6.07, 6.45) is 0. The van der Waals surface area contributed by atoms with Crippen LogP contribution >= 0.6 is 0 Å². The van der Waals surface area contributed by atoms with Gasteiger partial charge in [0.2, 0.25) is 0 Å².